The Labute approximate surface area is 199 Å². The van der Waals surface area contributed by atoms with Gasteiger partial charge in [0, 0.05) is 18.7 Å². The molecule has 3 aromatic carbocycles. The number of nitrogens with zero attached hydrogens (tertiary/aromatic N) is 1. The molecule has 0 atom stereocenters. The van der Waals surface area contributed by atoms with E-state index in [0.717, 1.165) is 11.1 Å². The van der Waals surface area contributed by atoms with E-state index in [1.165, 1.54) is 29.6 Å². The van der Waals surface area contributed by atoms with Crippen molar-refractivity contribution in [3.8, 4) is 22.6 Å². The number of hydrogen-bond acceptors (Lipinski definition) is 6. The van der Waals surface area contributed by atoms with Gasteiger partial charge in [-0.15, -0.1) is 0 Å². The van der Waals surface area contributed by atoms with Gasteiger partial charge in [-0.05, 0) is 29.8 Å². The minimum absolute atomic E-state index is 0.0702. The summed E-state index contributed by atoms with van der Waals surface area (Å²) in [5, 5.41) is 2.71. The van der Waals surface area contributed by atoms with Crippen LogP contribution in [-0.2, 0) is 19.6 Å². The first-order valence-electron chi connectivity index (χ1n) is 10.8. The summed E-state index contributed by atoms with van der Waals surface area (Å²) in [6.07, 6.45) is 0. The van der Waals surface area contributed by atoms with Crippen LogP contribution in [0.15, 0.2) is 77.7 Å². The van der Waals surface area contributed by atoms with E-state index in [9.17, 15) is 13.2 Å². The summed E-state index contributed by atoms with van der Waals surface area (Å²) in [6, 6.07) is 21.6. The van der Waals surface area contributed by atoms with Crippen molar-refractivity contribution in [2.45, 2.75) is 4.90 Å². The van der Waals surface area contributed by atoms with Gasteiger partial charge in [0.1, 0.15) is 11.5 Å². The van der Waals surface area contributed by atoms with E-state index in [4.69, 9.17) is 14.2 Å². The quantitative estimate of drug-likeness (QED) is 0.529. The Morgan fingerprint density at radius 1 is 0.971 bits per heavy atom. The van der Waals surface area contributed by atoms with Crippen molar-refractivity contribution in [3.05, 3.63) is 72.8 Å². The summed E-state index contributed by atoms with van der Waals surface area (Å²) in [4.78, 5) is 12.8. The van der Waals surface area contributed by atoms with Crippen LogP contribution in [0.1, 0.15) is 0 Å². The lowest BCUT2D eigenvalue weighted by atomic mass is 10.1. The number of nitrogens with one attached hydrogen (secondary N) is 1. The second kappa shape index (κ2) is 10.7. The van der Waals surface area contributed by atoms with Crippen molar-refractivity contribution in [2.75, 3.05) is 45.3 Å². The lowest BCUT2D eigenvalue weighted by Crippen LogP contribution is -2.40. The van der Waals surface area contributed by atoms with Crippen LogP contribution >= 0.6 is 0 Å². The molecule has 1 saturated heterocycles. The third-order valence-corrected chi connectivity index (χ3v) is 7.28. The van der Waals surface area contributed by atoms with Gasteiger partial charge in [-0.25, -0.2) is 8.42 Å². The maximum Gasteiger partial charge on any atom is 0.262 e. The molecular weight excluding hydrogens is 456 g/mol. The Kier molecular flexibility index (Phi) is 7.46. The zero-order valence-electron chi connectivity index (χ0n) is 18.8. The maximum atomic E-state index is 13.0. The number of para-hydroxylation sites is 1. The molecule has 9 heteroatoms. The normalized spacial score (nSPS) is 14.4. The standard InChI is InChI=1S/C25H26N2O6S/c1-31-24-12-11-20(34(29,30)27-13-15-32-16-14-27)17-22(24)26-25(28)18-33-23-10-6-5-9-21(23)19-7-3-2-4-8-19/h2-12,17H,13-16,18H2,1H3,(H,26,28). The van der Waals surface area contributed by atoms with Gasteiger partial charge < -0.3 is 19.5 Å². The van der Waals surface area contributed by atoms with Crippen molar-refractivity contribution in [1.82, 2.24) is 4.31 Å². The Bertz CT molecular complexity index is 1240. The summed E-state index contributed by atoms with van der Waals surface area (Å²) in [6.45, 7) is 1.00. The second-order valence-electron chi connectivity index (χ2n) is 7.58. The number of ether oxygens (including phenoxy) is 3. The van der Waals surface area contributed by atoms with Crippen molar-refractivity contribution >= 4 is 21.6 Å². The van der Waals surface area contributed by atoms with E-state index in [1.54, 1.807) is 6.07 Å². The van der Waals surface area contributed by atoms with E-state index in [2.05, 4.69) is 5.32 Å². The van der Waals surface area contributed by atoms with Crippen molar-refractivity contribution in [1.29, 1.82) is 0 Å². The molecule has 0 unspecified atom stereocenters. The summed E-state index contributed by atoms with van der Waals surface area (Å²) >= 11 is 0. The Morgan fingerprint density at radius 3 is 2.41 bits per heavy atom. The molecular formula is C25H26N2O6S. The smallest absolute Gasteiger partial charge is 0.262 e. The average Bonchev–Trinajstić information content (AvgIpc) is 2.88. The lowest BCUT2D eigenvalue weighted by molar-refractivity contribution is -0.118. The second-order valence-corrected chi connectivity index (χ2v) is 9.52. The molecule has 1 N–H and O–H groups in total. The number of carbonyl (C=O) groups excluding carboxylic acids is 1. The molecule has 0 aromatic heterocycles. The fourth-order valence-electron chi connectivity index (χ4n) is 3.66. The van der Waals surface area contributed by atoms with Crippen LogP contribution < -0.4 is 14.8 Å². The van der Waals surface area contributed by atoms with Crippen LogP contribution in [0.2, 0.25) is 0 Å². The van der Waals surface area contributed by atoms with Gasteiger partial charge >= 0.3 is 0 Å². The highest BCUT2D eigenvalue weighted by atomic mass is 32.2. The molecule has 1 fully saturated rings. The van der Waals surface area contributed by atoms with Crippen LogP contribution in [-0.4, -0.2) is 58.7 Å². The summed E-state index contributed by atoms with van der Waals surface area (Å²) in [5.74, 6) is 0.473. The number of morpholine rings is 1. The molecule has 34 heavy (non-hydrogen) atoms. The number of rotatable bonds is 8. The zero-order valence-corrected chi connectivity index (χ0v) is 19.6. The number of amides is 1. The van der Waals surface area contributed by atoms with Gasteiger partial charge in [0.05, 0.1) is 30.9 Å². The summed E-state index contributed by atoms with van der Waals surface area (Å²) in [5.41, 5.74) is 2.09. The summed E-state index contributed by atoms with van der Waals surface area (Å²) < 4.78 is 43.7. The molecule has 4 rings (SSSR count). The van der Waals surface area contributed by atoms with Crippen LogP contribution in [0.3, 0.4) is 0 Å². The number of carbonyl (C=O) groups is 1. The molecule has 0 bridgehead atoms. The molecule has 1 amide bonds. The van der Waals surface area contributed by atoms with Gasteiger partial charge in [0.25, 0.3) is 5.91 Å². The molecule has 0 spiro atoms. The zero-order chi connectivity index (χ0) is 24.0. The van der Waals surface area contributed by atoms with Crippen molar-refractivity contribution < 1.29 is 27.4 Å². The molecule has 8 nitrogen and oxygen atoms in total. The largest absolute Gasteiger partial charge is 0.495 e. The first kappa shape index (κ1) is 23.7. The molecule has 1 aliphatic heterocycles. The fraction of sp³-hybridized carbons (Fsp3) is 0.240. The van der Waals surface area contributed by atoms with Crippen LogP contribution in [0.4, 0.5) is 5.69 Å². The Hall–Kier alpha value is -3.40. The third-order valence-electron chi connectivity index (χ3n) is 5.38. The third kappa shape index (κ3) is 5.39. The predicted octanol–water partition coefficient (Wildman–Crippen LogP) is 3.40. The highest BCUT2D eigenvalue weighted by molar-refractivity contribution is 7.89. The van der Waals surface area contributed by atoms with Gasteiger partial charge in [-0.2, -0.15) is 4.31 Å². The van der Waals surface area contributed by atoms with Gasteiger partial charge in [-0.1, -0.05) is 48.5 Å². The number of anilines is 1. The molecule has 0 saturated carbocycles. The topological polar surface area (TPSA) is 94.2 Å². The van der Waals surface area contributed by atoms with Gasteiger partial charge in [-0.3, -0.25) is 4.79 Å². The Balaban J connectivity index is 1.49. The van der Waals surface area contributed by atoms with E-state index in [1.807, 2.05) is 48.5 Å². The molecule has 3 aromatic rings. The molecule has 1 heterocycles. The molecule has 1 aliphatic rings. The number of methoxy groups -OCH3 is 1. The van der Waals surface area contributed by atoms with E-state index < -0.39 is 15.9 Å². The monoisotopic (exact) mass is 482 g/mol. The van der Waals surface area contributed by atoms with E-state index in [-0.39, 0.29) is 30.3 Å². The van der Waals surface area contributed by atoms with Crippen molar-refractivity contribution in [2.24, 2.45) is 0 Å². The van der Waals surface area contributed by atoms with E-state index >= 15 is 0 Å². The SMILES string of the molecule is COc1ccc(S(=O)(=O)N2CCOCC2)cc1NC(=O)COc1ccccc1-c1ccccc1. The van der Waals surface area contributed by atoms with Gasteiger partial charge in [0.15, 0.2) is 6.61 Å². The maximum absolute atomic E-state index is 13.0. The molecule has 178 valence electrons. The molecule has 0 radical (unpaired) electrons. The first-order chi connectivity index (χ1) is 16.5. The summed E-state index contributed by atoms with van der Waals surface area (Å²) in [7, 11) is -2.27. The number of benzene rings is 3. The van der Waals surface area contributed by atoms with Crippen LogP contribution in [0.5, 0.6) is 11.5 Å². The van der Waals surface area contributed by atoms with Crippen molar-refractivity contribution in [3.63, 3.8) is 0 Å². The minimum atomic E-state index is -3.72. The fourth-order valence-corrected chi connectivity index (χ4v) is 5.09. The average molecular weight is 483 g/mol. The van der Waals surface area contributed by atoms with Gasteiger partial charge in [0.2, 0.25) is 10.0 Å². The predicted molar refractivity (Wildman–Crippen MR) is 129 cm³/mol. The first-order valence-corrected chi connectivity index (χ1v) is 12.3. The highest BCUT2D eigenvalue weighted by Gasteiger charge is 2.27. The molecule has 0 aliphatic carbocycles. The van der Waals surface area contributed by atoms with Crippen LogP contribution in [0, 0.1) is 0 Å². The number of hydrogen-bond donors (Lipinski definition) is 1. The minimum Gasteiger partial charge on any atom is -0.495 e. The highest BCUT2D eigenvalue weighted by Crippen LogP contribution is 2.31. The lowest BCUT2D eigenvalue weighted by Gasteiger charge is -2.26. The van der Waals surface area contributed by atoms with Crippen LogP contribution in [0.25, 0.3) is 11.1 Å². The van der Waals surface area contributed by atoms with E-state index in [0.29, 0.717) is 24.7 Å². The number of sulfonamides is 1. The Morgan fingerprint density at radius 2 is 1.68 bits per heavy atom.